The number of ether oxygens (including phenoxy) is 2. The molecule has 3 rings (SSSR count). The summed E-state index contributed by atoms with van der Waals surface area (Å²) in [6, 6.07) is 22.6. The minimum atomic E-state index is -0.499. The van der Waals surface area contributed by atoms with E-state index in [1.54, 1.807) is 0 Å². The Kier molecular flexibility index (Phi) is 12.6. The highest BCUT2D eigenvalue weighted by Gasteiger charge is 2.08. The lowest BCUT2D eigenvalue weighted by molar-refractivity contribution is 0.104. The molecule has 2 unspecified atom stereocenters. The maximum Gasteiger partial charge on any atom is 0.127 e. The van der Waals surface area contributed by atoms with Crippen LogP contribution in [0.25, 0.3) is 10.8 Å². The Morgan fingerprint density at radius 2 is 1.29 bits per heavy atom. The van der Waals surface area contributed by atoms with Crippen molar-refractivity contribution >= 4 is 10.8 Å². The second-order valence-corrected chi connectivity index (χ2v) is 9.35. The molecule has 0 radical (unpaired) electrons. The fourth-order valence-electron chi connectivity index (χ4n) is 3.27. The Morgan fingerprint density at radius 1 is 0.714 bits per heavy atom. The number of aliphatic hydroxyl groups is 2. The van der Waals surface area contributed by atoms with Crippen molar-refractivity contribution in [2.45, 2.75) is 58.9 Å². The molecule has 0 aliphatic carbocycles. The molecule has 6 heteroatoms. The second-order valence-electron chi connectivity index (χ2n) is 9.35. The number of hydrogen-bond donors (Lipinski definition) is 4. The van der Waals surface area contributed by atoms with Crippen molar-refractivity contribution in [3.8, 4) is 11.5 Å². The van der Waals surface area contributed by atoms with Crippen molar-refractivity contribution in [1.29, 1.82) is 0 Å². The van der Waals surface area contributed by atoms with Gasteiger partial charge in [-0.15, -0.1) is 0 Å². The van der Waals surface area contributed by atoms with Crippen LogP contribution in [0.5, 0.6) is 11.5 Å². The molecule has 0 aliphatic heterocycles. The summed E-state index contributed by atoms with van der Waals surface area (Å²) in [7, 11) is 0. The van der Waals surface area contributed by atoms with Crippen molar-refractivity contribution < 1.29 is 19.7 Å². The Morgan fingerprint density at radius 3 is 1.91 bits per heavy atom. The summed E-state index contributed by atoms with van der Waals surface area (Å²) in [6.07, 6.45) is -0.968. The van der Waals surface area contributed by atoms with Crippen LogP contribution in [-0.4, -0.2) is 60.8 Å². The molecule has 4 N–H and O–H groups in total. The zero-order chi connectivity index (χ0) is 25.6. The molecule has 0 bridgehead atoms. The average Bonchev–Trinajstić information content (AvgIpc) is 2.84. The molecular formula is C29H42N2O4. The van der Waals surface area contributed by atoms with Crippen molar-refractivity contribution in [3.63, 3.8) is 0 Å². The largest absolute Gasteiger partial charge is 0.491 e. The molecule has 192 valence electrons. The number of rotatable bonds is 12. The monoisotopic (exact) mass is 482 g/mol. The van der Waals surface area contributed by atoms with E-state index in [1.165, 1.54) is 0 Å². The third-order valence-electron chi connectivity index (χ3n) is 5.14. The molecule has 3 aromatic rings. The third kappa shape index (κ3) is 11.6. The highest BCUT2D eigenvalue weighted by molar-refractivity contribution is 5.88. The molecule has 0 amide bonds. The van der Waals surface area contributed by atoms with Gasteiger partial charge in [-0.25, -0.2) is 0 Å². The van der Waals surface area contributed by atoms with Crippen LogP contribution in [0.2, 0.25) is 0 Å². The Balaban J connectivity index is 0.000000251. The van der Waals surface area contributed by atoms with E-state index in [0.717, 1.165) is 27.8 Å². The van der Waals surface area contributed by atoms with Crippen LogP contribution < -0.4 is 20.1 Å². The van der Waals surface area contributed by atoms with E-state index in [9.17, 15) is 10.2 Å². The molecule has 3 aromatic carbocycles. The van der Waals surface area contributed by atoms with Gasteiger partial charge in [0.25, 0.3) is 0 Å². The molecular weight excluding hydrogens is 440 g/mol. The minimum Gasteiger partial charge on any atom is -0.491 e. The number of benzene rings is 3. The van der Waals surface area contributed by atoms with Crippen LogP contribution in [0.15, 0.2) is 66.7 Å². The van der Waals surface area contributed by atoms with Gasteiger partial charge in [0, 0.05) is 30.6 Å². The Labute approximate surface area is 210 Å². The summed E-state index contributed by atoms with van der Waals surface area (Å²) in [6.45, 7) is 11.9. The van der Waals surface area contributed by atoms with Gasteiger partial charge in [0.15, 0.2) is 0 Å². The van der Waals surface area contributed by atoms with Gasteiger partial charge in [-0.3, -0.25) is 0 Å². The Bertz CT molecular complexity index is 988. The van der Waals surface area contributed by atoms with Crippen molar-refractivity contribution in [3.05, 3.63) is 72.3 Å². The fraction of sp³-hybridized carbons (Fsp3) is 0.448. The normalized spacial score (nSPS) is 12.8. The van der Waals surface area contributed by atoms with Gasteiger partial charge in [0.2, 0.25) is 0 Å². The van der Waals surface area contributed by atoms with Crippen LogP contribution in [0.4, 0.5) is 0 Å². The van der Waals surface area contributed by atoms with Gasteiger partial charge in [-0.05, 0) is 36.1 Å². The number of nitrogens with one attached hydrogen (secondary N) is 2. The van der Waals surface area contributed by atoms with Crippen LogP contribution in [0.1, 0.15) is 33.3 Å². The second kappa shape index (κ2) is 15.4. The topological polar surface area (TPSA) is 83.0 Å². The lowest BCUT2D eigenvalue weighted by Gasteiger charge is -2.15. The predicted molar refractivity (Wildman–Crippen MR) is 144 cm³/mol. The van der Waals surface area contributed by atoms with E-state index in [2.05, 4.69) is 36.6 Å². The zero-order valence-corrected chi connectivity index (χ0v) is 21.7. The molecule has 0 aromatic heterocycles. The van der Waals surface area contributed by atoms with Gasteiger partial charge in [0.1, 0.15) is 36.9 Å². The van der Waals surface area contributed by atoms with Gasteiger partial charge >= 0.3 is 0 Å². The number of hydrogen-bond acceptors (Lipinski definition) is 6. The Hall–Kier alpha value is -2.64. The fourth-order valence-corrected chi connectivity index (χ4v) is 3.27. The maximum absolute atomic E-state index is 9.84. The van der Waals surface area contributed by atoms with E-state index < -0.39 is 12.2 Å². The predicted octanol–water partition coefficient (Wildman–Crippen LogP) is 4.31. The summed E-state index contributed by atoms with van der Waals surface area (Å²) in [5, 5.41) is 28.1. The van der Waals surface area contributed by atoms with Crippen LogP contribution in [0.3, 0.4) is 0 Å². The molecule has 0 saturated carbocycles. The molecule has 0 heterocycles. The van der Waals surface area contributed by atoms with E-state index in [-0.39, 0.29) is 0 Å². The van der Waals surface area contributed by atoms with Crippen molar-refractivity contribution in [2.24, 2.45) is 0 Å². The smallest absolute Gasteiger partial charge is 0.127 e. The quantitative estimate of drug-likeness (QED) is 0.308. The molecule has 0 saturated heterocycles. The summed E-state index contributed by atoms with van der Waals surface area (Å²) in [4.78, 5) is 0. The van der Waals surface area contributed by atoms with Crippen LogP contribution in [0, 0.1) is 6.92 Å². The first kappa shape index (κ1) is 28.6. The lowest BCUT2D eigenvalue weighted by atomic mass is 10.1. The van der Waals surface area contributed by atoms with E-state index in [0.29, 0.717) is 38.4 Å². The van der Waals surface area contributed by atoms with Crippen LogP contribution in [-0.2, 0) is 0 Å². The minimum absolute atomic E-state index is 0.299. The highest BCUT2D eigenvalue weighted by Crippen LogP contribution is 2.25. The molecule has 0 fully saturated rings. The van der Waals surface area contributed by atoms with E-state index in [1.807, 2.05) is 75.4 Å². The summed E-state index contributed by atoms with van der Waals surface area (Å²) in [5.74, 6) is 1.63. The van der Waals surface area contributed by atoms with Gasteiger partial charge < -0.3 is 30.3 Å². The number of fused-ring (bicyclic) bond motifs is 1. The van der Waals surface area contributed by atoms with Crippen LogP contribution >= 0.6 is 0 Å². The zero-order valence-electron chi connectivity index (χ0n) is 21.7. The summed E-state index contributed by atoms with van der Waals surface area (Å²) < 4.78 is 11.2. The first-order chi connectivity index (χ1) is 16.7. The standard InChI is InChI=1S/C16H21NO2.C13H21NO2/c1-12(2)17-10-14(18)11-19-16-9-5-7-13-6-3-4-8-15(13)16;1-10(2)14-8-12(15)9-16-13-6-4-5-11(3)7-13/h3-9,12,14,17-18H,10-11H2,1-2H3;4-7,10,12,14-15H,8-9H2,1-3H3. The molecule has 6 nitrogen and oxygen atoms in total. The third-order valence-corrected chi connectivity index (χ3v) is 5.14. The molecule has 35 heavy (non-hydrogen) atoms. The SMILES string of the molecule is CC(C)NCC(O)COc1cccc2ccccc12.Cc1cccc(OCC(O)CNC(C)C)c1. The van der Waals surface area contributed by atoms with E-state index >= 15 is 0 Å². The van der Waals surface area contributed by atoms with Crippen molar-refractivity contribution in [1.82, 2.24) is 10.6 Å². The summed E-state index contributed by atoms with van der Waals surface area (Å²) >= 11 is 0. The van der Waals surface area contributed by atoms with Gasteiger partial charge in [0.05, 0.1) is 0 Å². The highest BCUT2D eigenvalue weighted by atomic mass is 16.5. The molecule has 2 atom stereocenters. The molecule has 0 spiro atoms. The maximum atomic E-state index is 9.84. The molecule has 0 aliphatic rings. The lowest BCUT2D eigenvalue weighted by Crippen LogP contribution is -2.35. The van der Waals surface area contributed by atoms with E-state index in [4.69, 9.17) is 9.47 Å². The number of aliphatic hydroxyl groups excluding tert-OH is 2. The van der Waals surface area contributed by atoms with Gasteiger partial charge in [-0.1, -0.05) is 76.2 Å². The average molecular weight is 483 g/mol. The number of aryl methyl sites for hydroxylation is 1. The first-order valence-corrected chi connectivity index (χ1v) is 12.4. The van der Waals surface area contributed by atoms with Crippen molar-refractivity contribution in [2.75, 3.05) is 26.3 Å². The summed E-state index contributed by atoms with van der Waals surface area (Å²) in [5.41, 5.74) is 1.16. The first-order valence-electron chi connectivity index (χ1n) is 12.4. The van der Waals surface area contributed by atoms with Gasteiger partial charge in [-0.2, -0.15) is 0 Å².